The number of carbonyl (C=O) groups excluding carboxylic acids is 2. The summed E-state index contributed by atoms with van der Waals surface area (Å²) in [7, 11) is 1.40. The summed E-state index contributed by atoms with van der Waals surface area (Å²) in [5.41, 5.74) is 2.89. The molecule has 0 aliphatic carbocycles. The molecule has 0 heterocycles. The van der Waals surface area contributed by atoms with Crippen LogP contribution in [-0.4, -0.2) is 36.7 Å². The first kappa shape index (κ1) is 25.7. The zero-order valence-electron chi connectivity index (χ0n) is 18.1. The molecule has 0 radical (unpaired) electrons. The number of halogens is 2. The van der Waals surface area contributed by atoms with Crippen LogP contribution in [0.3, 0.4) is 0 Å². The van der Waals surface area contributed by atoms with Crippen molar-refractivity contribution in [3.8, 4) is 17.2 Å². The number of rotatable bonds is 9. The van der Waals surface area contributed by atoms with E-state index in [0.717, 1.165) is 0 Å². The first-order valence-corrected chi connectivity index (χ1v) is 11.0. The third-order valence-corrected chi connectivity index (χ3v) is 5.21. The molecule has 1 amide bonds. The van der Waals surface area contributed by atoms with E-state index in [1.165, 1.54) is 43.7 Å². The van der Waals surface area contributed by atoms with Crippen LogP contribution in [0.15, 0.2) is 70.2 Å². The summed E-state index contributed by atoms with van der Waals surface area (Å²) in [6, 6.07) is 14.6. The van der Waals surface area contributed by atoms with Gasteiger partial charge < -0.3 is 14.2 Å². The maximum Gasteiger partial charge on any atom is 0.343 e. The fourth-order valence-electron chi connectivity index (χ4n) is 2.67. The van der Waals surface area contributed by atoms with E-state index in [2.05, 4.69) is 26.5 Å². The SMILES string of the molecule is COc1cc(/C=N/NC(=O)COc2ccc(Cl)cc2Br)ccc1OC(=O)c1ccc([N+](=O)[O-])cc1. The topological polar surface area (TPSA) is 129 Å². The highest BCUT2D eigenvalue weighted by Gasteiger charge is 2.14. The second-order valence-corrected chi connectivity index (χ2v) is 8.05. The van der Waals surface area contributed by atoms with Gasteiger partial charge in [-0.25, -0.2) is 10.2 Å². The Morgan fingerprint density at radius 2 is 1.80 bits per heavy atom. The summed E-state index contributed by atoms with van der Waals surface area (Å²) in [4.78, 5) is 34.5. The third-order valence-electron chi connectivity index (χ3n) is 4.36. The van der Waals surface area contributed by atoms with Crippen molar-refractivity contribution < 1.29 is 28.7 Å². The first-order chi connectivity index (χ1) is 16.8. The van der Waals surface area contributed by atoms with Crippen molar-refractivity contribution in [2.75, 3.05) is 13.7 Å². The maximum absolute atomic E-state index is 12.4. The first-order valence-electron chi connectivity index (χ1n) is 9.81. The normalized spacial score (nSPS) is 10.6. The van der Waals surface area contributed by atoms with Crippen LogP contribution in [-0.2, 0) is 4.79 Å². The molecular formula is C23H17BrClN3O7. The van der Waals surface area contributed by atoms with Crippen molar-refractivity contribution >= 4 is 51.3 Å². The Labute approximate surface area is 212 Å². The Kier molecular flexibility index (Phi) is 8.76. The van der Waals surface area contributed by atoms with E-state index in [0.29, 0.717) is 20.8 Å². The van der Waals surface area contributed by atoms with Gasteiger partial charge in [0.25, 0.3) is 11.6 Å². The number of amides is 1. The molecule has 35 heavy (non-hydrogen) atoms. The van der Waals surface area contributed by atoms with Crippen molar-refractivity contribution in [3.05, 3.63) is 91.4 Å². The number of nitrogens with zero attached hydrogens (tertiary/aromatic N) is 2. The van der Waals surface area contributed by atoms with E-state index in [9.17, 15) is 19.7 Å². The lowest BCUT2D eigenvalue weighted by atomic mass is 10.2. The van der Waals surface area contributed by atoms with Crippen LogP contribution in [0.2, 0.25) is 5.02 Å². The number of nitrogens with one attached hydrogen (secondary N) is 1. The monoisotopic (exact) mass is 561 g/mol. The molecule has 12 heteroatoms. The van der Waals surface area contributed by atoms with Crippen LogP contribution < -0.4 is 19.6 Å². The quantitative estimate of drug-likeness (QED) is 0.131. The molecular weight excluding hydrogens is 546 g/mol. The number of ether oxygens (including phenoxy) is 3. The van der Waals surface area contributed by atoms with Gasteiger partial charge in [-0.05, 0) is 70.0 Å². The number of hydrogen-bond acceptors (Lipinski definition) is 8. The summed E-state index contributed by atoms with van der Waals surface area (Å²) in [6.45, 7) is -0.265. The molecule has 0 spiro atoms. The number of methoxy groups -OCH3 is 1. The van der Waals surface area contributed by atoms with Crippen molar-refractivity contribution in [2.24, 2.45) is 5.10 Å². The lowest BCUT2D eigenvalue weighted by Crippen LogP contribution is -2.24. The number of esters is 1. The van der Waals surface area contributed by atoms with Crippen LogP contribution in [0.1, 0.15) is 15.9 Å². The Morgan fingerprint density at radius 1 is 1.09 bits per heavy atom. The molecule has 0 fully saturated rings. The minimum Gasteiger partial charge on any atom is -0.493 e. The van der Waals surface area contributed by atoms with Gasteiger partial charge in [0, 0.05) is 17.2 Å². The van der Waals surface area contributed by atoms with Gasteiger partial charge in [0.2, 0.25) is 0 Å². The average Bonchev–Trinajstić information content (AvgIpc) is 2.84. The van der Waals surface area contributed by atoms with Gasteiger partial charge in [0.15, 0.2) is 18.1 Å². The van der Waals surface area contributed by atoms with E-state index in [4.69, 9.17) is 25.8 Å². The fraction of sp³-hybridized carbons (Fsp3) is 0.0870. The zero-order valence-corrected chi connectivity index (χ0v) is 20.4. The maximum atomic E-state index is 12.4. The number of nitro benzene ring substituents is 1. The summed E-state index contributed by atoms with van der Waals surface area (Å²) in [5, 5.41) is 15.1. The van der Waals surface area contributed by atoms with E-state index >= 15 is 0 Å². The molecule has 3 rings (SSSR count). The molecule has 10 nitrogen and oxygen atoms in total. The van der Waals surface area contributed by atoms with Gasteiger partial charge >= 0.3 is 5.97 Å². The highest BCUT2D eigenvalue weighted by Crippen LogP contribution is 2.29. The van der Waals surface area contributed by atoms with Crippen LogP contribution in [0.5, 0.6) is 17.2 Å². The van der Waals surface area contributed by atoms with E-state index in [1.807, 2.05) is 0 Å². The van der Waals surface area contributed by atoms with Gasteiger partial charge in [-0.1, -0.05) is 11.6 Å². The molecule has 3 aromatic rings. The van der Waals surface area contributed by atoms with Gasteiger partial charge in [0.05, 0.1) is 28.3 Å². The number of non-ortho nitro benzene ring substituents is 1. The zero-order chi connectivity index (χ0) is 25.4. The lowest BCUT2D eigenvalue weighted by molar-refractivity contribution is -0.384. The number of hydrogen-bond donors (Lipinski definition) is 1. The molecule has 0 saturated carbocycles. The van der Waals surface area contributed by atoms with Gasteiger partial charge in [0.1, 0.15) is 5.75 Å². The minimum atomic E-state index is -0.709. The summed E-state index contributed by atoms with van der Waals surface area (Å²) in [6.07, 6.45) is 1.38. The van der Waals surface area contributed by atoms with E-state index in [1.54, 1.807) is 30.3 Å². The molecule has 180 valence electrons. The van der Waals surface area contributed by atoms with E-state index < -0.39 is 16.8 Å². The molecule has 1 N–H and O–H groups in total. The van der Waals surface area contributed by atoms with Gasteiger partial charge in [-0.3, -0.25) is 14.9 Å². The molecule has 0 unspecified atom stereocenters. The lowest BCUT2D eigenvalue weighted by Gasteiger charge is -2.10. The second kappa shape index (κ2) is 12.0. The Hall–Kier alpha value is -3.96. The van der Waals surface area contributed by atoms with Crippen molar-refractivity contribution in [1.82, 2.24) is 5.43 Å². The number of nitro groups is 1. The minimum absolute atomic E-state index is 0.138. The molecule has 3 aromatic carbocycles. The number of benzene rings is 3. The highest BCUT2D eigenvalue weighted by molar-refractivity contribution is 9.10. The largest absolute Gasteiger partial charge is 0.493 e. The van der Waals surface area contributed by atoms with Crippen LogP contribution in [0.25, 0.3) is 0 Å². The molecule has 0 aliphatic heterocycles. The van der Waals surface area contributed by atoms with Crippen LogP contribution in [0, 0.1) is 10.1 Å². The number of hydrazone groups is 1. The fourth-order valence-corrected chi connectivity index (χ4v) is 3.47. The smallest absolute Gasteiger partial charge is 0.343 e. The molecule has 0 aliphatic rings. The summed E-state index contributed by atoms with van der Waals surface area (Å²) < 4.78 is 16.6. The Balaban J connectivity index is 1.57. The van der Waals surface area contributed by atoms with Crippen molar-refractivity contribution in [3.63, 3.8) is 0 Å². The third kappa shape index (κ3) is 7.26. The van der Waals surface area contributed by atoms with Crippen LogP contribution >= 0.6 is 27.5 Å². The van der Waals surface area contributed by atoms with Crippen LogP contribution in [0.4, 0.5) is 5.69 Å². The predicted molar refractivity (Wildman–Crippen MR) is 131 cm³/mol. The second-order valence-electron chi connectivity index (χ2n) is 6.76. The average molecular weight is 563 g/mol. The molecule has 0 atom stereocenters. The van der Waals surface area contributed by atoms with E-state index in [-0.39, 0.29) is 29.4 Å². The Bertz CT molecular complexity index is 1280. The number of carbonyl (C=O) groups is 2. The predicted octanol–water partition coefficient (Wildman–Crippen LogP) is 4.77. The van der Waals surface area contributed by atoms with Crippen molar-refractivity contribution in [2.45, 2.75) is 0 Å². The van der Waals surface area contributed by atoms with Crippen molar-refractivity contribution in [1.29, 1.82) is 0 Å². The highest BCUT2D eigenvalue weighted by atomic mass is 79.9. The summed E-state index contributed by atoms with van der Waals surface area (Å²) >= 11 is 9.16. The molecule has 0 bridgehead atoms. The standard InChI is InChI=1S/C23H17BrClN3O7/c1-33-21-10-14(12-26-27-22(29)13-34-19-9-5-16(25)11-18(19)24)2-8-20(21)35-23(30)15-3-6-17(7-4-15)28(31)32/h2-12H,13H2,1H3,(H,27,29)/b26-12+. The van der Waals surface area contributed by atoms with Gasteiger partial charge in [-0.15, -0.1) is 0 Å². The molecule has 0 aromatic heterocycles. The summed E-state index contributed by atoms with van der Waals surface area (Å²) in [5.74, 6) is -0.356. The van der Waals surface area contributed by atoms with Gasteiger partial charge in [-0.2, -0.15) is 5.10 Å². The molecule has 0 saturated heterocycles. The Morgan fingerprint density at radius 3 is 2.46 bits per heavy atom.